The van der Waals surface area contributed by atoms with Crippen LogP contribution in [0.4, 0.5) is 0 Å². The number of isocyanates is 2. The molecule has 2 N–H and O–H groups in total. The molecule has 5 heteroatoms. The van der Waals surface area contributed by atoms with Crippen molar-refractivity contribution in [2.75, 3.05) is 6.61 Å². The molecule has 0 aromatic heterocycles. The Morgan fingerprint density at radius 2 is 1.56 bits per heavy atom. The largest absolute Gasteiger partial charge is 0.377 e. The number of hydrogen-bond acceptors (Lipinski definition) is 5. The third-order valence-electron chi connectivity index (χ3n) is 1.56. The van der Waals surface area contributed by atoms with Crippen LogP contribution in [0, 0.1) is 16.7 Å². The van der Waals surface area contributed by atoms with Gasteiger partial charge < -0.3 is 4.74 Å². The molecule has 0 aliphatic heterocycles. The van der Waals surface area contributed by atoms with Crippen molar-refractivity contribution in [2.45, 2.75) is 20.5 Å². The fourth-order valence-electron chi connectivity index (χ4n) is 0.987. The molecule has 1 rings (SSSR count). The van der Waals surface area contributed by atoms with Gasteiger partial charge in [0.05, 0.1) is 6.61 Å². The summed E-state index contributed by atoms with van der Waals surface area (Å²) in [6.45, 7) is 5.89. The standard InChI is InChI=1S/C11H16O.2CHNO/c1-10(2)8-12-9-11-6-4-3-5-7-11;2*2-1-3/h3-7,10H,8-9H2,1-2H3;2*2H. The van der Waals surface area contributed by atoms with Crippen molar-refractivity contribution < 1.29 is 14.3 Å². The van der Waals surface area contributed by atoms with E-state index in [1.807, 2.05) is 18.2 Å². The summed E-state index contributed by atoms with van der Waals surface area (Å²) in [7, 11) is 0. The number of rotatable bonds is 4. The van der Waals surface area contributed by atoms with Gasteiger partial charge >= 0.3 is 0 Å². The summed E-state index contributed by atoms with van der Waals surface area (Å²) in [5, 5.41) is 10.8. The highest BCUT2D eigenvalue weighted by Crippen LogP contribution is 2.02. The summed E-state index contributed by atoms with van der Waals surface area (Å²) in [5.74, 6) is 0.619. The summed E-state index contributed by atoms with van der Waals surface area (Å²) in [5.41, 5.74) is 1.25. The summed E-state index contributed by atoms with van der Waals surface area (Å²) < 4.78 is 5.48. The van der Waals surface area contributed by atoms with Gasteiger partial charge in [0.25, 0.3) is 0 Å². The first-order valence-electron chi connectivity index (χ1n) is 5.31. The molecule has 5 nitrogen and oxygen atoms in total. The van der Waals surface area contributed by atoms with E-state index >= 15 is 0 Å². The minimum Gasteiger partial charge on any atom is -0.377 e. The first kappa shape index (κ1) is 18.3. The van der Waals surface area contributed by atoms with Crippen LogP contribution in [-0.2, 0) is 20.9 Å². The van der Waals surface area contributed by atoms with Gasteiger partial charge in [-0.1, -0.05) is 44.2 Å². The maximum atomic E-state index is 8.35. The van der Waals surface area contributed by atoms with Crippen LogP contribution in [0.25, 0.3) is 0 Å². The van der Waals surface area contributed by atoms with Crippen LogP contribution >= 0.6 is 0 Å². The van der Waals surface area contributed by atoms with Crippen molar-refractivity contribution in [1.82, 2.24) is 0 Å². The lowest BCUT2D eigenvalue weighted by molar-refractivity contribution is 0.0971. The number of benzene rings is 1. The molecule has 0 saturated carbocycles. The molecule has 18 heavy (non-hydrogen) atoms. The van der Waals surface area contributed by atoms with E-state index in [2.05, 4.69) is 26.0 Å². The molecule has 0 amide bonds. The fraction of sp³-hybridized carbons (Fsp3) is 0.385. The van der Waals surface area contributed by atoms with Crippen molar-refractivity contribution in [3.05, 3.63) is 35.9 Å². The molecule has 0 heterocycles. The van der Waals surface area contributed by atoms with Crippen molar-refractivity contribution in [3.8, 4) is 0 Å². The first-order chi connectivity index (χ1) is 8.62. The Balaban J connectivity index is 0. The van der Waals surface area contributed by atoms with Gasteiger partial charge in [0.15, 0.2) is 0 Å². The molecule has 0 spiro atoms. The minimum absolute atomic E-state index is 0.619. The Morgan fingerprint density at radius 1 is 1.11 bits per heavy atom. The van der Waals surface area contributed by atoms with Gasteiger partial charge in [0.1, 0.15) is 0 Å². The van der Waals surface area contributed by atoms with Crippen molar-refractivity contribution in [1.29, 1.82) is 10.8 Å². The van der Waals surface area contributed by atoms with Crippen LogP contribution in [0.2, 0.25) is 0 Å². The van der Waals surface area contributed by atoms with Crippen LogP contribution < -0.4 is 0 Å². The summed E-state index contributed by atoms with van der Waals surface area (Å²) in [6.07, 6.45) is 1.50. The Labute approximate surface area is 107 Å². The minimum atomic E-state index is 0.619. The Hall–Kier alpha value is -2.06. The smallest absolute Gasteiger partial charge is 0.231 e. The topological polar surface area (TPSA) is 91.1 Å². The van der Waals surface area contributed by atoms with Crippen LogP contribution in [0.5, 0.6) is 0 Å². The van der Waals surface area contributed by atoms with Crippen molar-refractivity contribution in [2.24, 2.45) is 5.92 Å². The fourth-order valence-corrected chi connectivity index (χ4v) is 0.987. The summed E-state index contributed by atoms with van der Waals surface area (Å²) in [6, 6.07) is 10.3. The zero-order valence-corrected chi connectivity index (χ0v) is 10.6. The van der Waals surface area contributed by atoms with Gasteiger partial charge in [0.2, 0.25) is 12.2 Å². The second-order valence-corrected chi connectivity index (χ2v) is 3.60. The average Bonchev–Trinajstić information content (AvgIpc) is 2.32. The summed E-state index contributed by atoms with van der Waals surface area (Å²) in [4.78, 5) is 16.7. The molecule has 0 bridgehead atoms. The lowest BCUT2D eigenvalue weighted by atomic mass is 10.2. The van der Waals surface area contributed by atoms with Crippen molar-refractivity contribution in [3.63, 3.8) is 0 Å². The molecule has 98 valence electrons. The van der Waals surface area contributed by atoms with E-state index in [0.29, 0.717) is 5.92 Å². The van der Waals surface area contributed by atoms with E-state index in [-0.39, 0.29) is 0 Å². The normalized spacial score (nSPS) is 7.94. The quantitative estimate of drug-likeness (QED) is 0.635. The zero-order valence-electron chi connectivity index (χ0n) is 10.6. The predicted molar refractivity (Wildman–Crippen MR) is 67.8 cm³/mol. The molecule has 1 aromatic carbocycles. The Bertz CT molecular complexity index is 340. The maximum absolute atomic E-state index is 8.35. The molecule has 0 aliphatic carbocycles. The highest BCUT2D eigenvalue weighted by molar-refractivity contribution is 5.26. The SMILES string of the molecule is CC(C)COCc1ccccc1.N=C=O.N=C=O. The van der Waals surface area contributed by atoms with Gasteiger partial charge in [-0.05, 0) is 11.5 Å². The molecule has 0 atom stereocenters. The zero-order chi connectivity index (χ0) is 14.2. The Morgan fingerprint density at radius 3 is 1.94 bits per heavy atom. The monoisotopic (exact) mass is 250 g/mol. The third-order valence-corrected chi connectivity index (χ3v) is 1.56. The lowest BCUT2D eigenvalue weighted by Crippen LogP contribution is -2.01. The molecule has 0 radical (unpaired) electrons. The highest BCUT2D eigenvalue weighted by Gasteiger charge is 1.94. The summed E-state index contributed by atoms with van der Waals surface area (Å²) >= 11 is 0. The van der Waals surface area contributed by atoms with Crippen LogP contribution in [0.3, 0.4) is 0 Å². The first-order valence-corrected chi connectivity index (χ1v) is 5.31. The van der Waals surface area contributed by atoms with Gasteiger partial charge in [-0.3, -0.25) is 0 Å². The van der Waals surface area contributed by atoms with E-state index in [4.69, 9.17) is 25.1 Å². The number of carbonyl (C=O) groups excluding carboxylic acids is 2. The number of nitrogens with one attached hydrogen (secondary N) is 2. The molecular formula is C13H18N2O3. The van der Waals surface area contributed by atoms with Gasteiger partial charge in [-0.25, -0.2) is 20.4 Å². The van der Waals surface area contributed by atoms with Crippen LogP contribution in [-0.4, -0.2) is 18.8 Å². The van der Waals surface area contributed by atoms with E-state index in [1.165, 1.54) is 5.56 Å². The number of ether oxygens (including phenoxy) is 1. The average molecular weight is 250 g/mol. The number of hydrogen-bond donors (Lipinski definition) is 2. The van der Waals surface area contributed by atoms with Crippen molar-refractivity contribution >= 4 is 12.2 Å². The Kier molecular flexibility index (Phi) is 15.2. The van der Waals surface area contributed by atoms with E-state index in [9.17, 15) is 0 Å². The van der Waals surface area contributed by atoms with E-state index in [1.54, 1.807) is 0 Å². The van der Waals surface area contributed by atoms with Gasteiger partial charge in [0, 0.05) is 6.61 Å². The molecule has 1 aromatic rings. The van der Waals surface area contributed by atoms with Crippen LogP contribution in [0.1, 0.15) is 19.4 Å². The van der Waals surface area contributed by atoms with Gasteiger partial charge in [-0.15, -0.1) is 0 Å². The maximum Gasteiger partial charge on any atom is 0.231 e. The van der Waals surface area contributed by atoms with Crippen LogP contribution in [0.15, 0.2) is 30.3 Å². The molecule has 0 saturated heterocycles. The predicted octanol–water partition coefficient (Wildman–Crippen LogP) is 2.66. The second-order valence-electron chi connectivity index (χ2n) is 3.60. The third kappa shape index (κ3) is 16.4. The molecular weight excluding hydrogens is 232 g/mol. The second kappa shape index (κ2) is 14.9. The highest BCUT2D eigenvalue weighted by atomic mass is 16.5. The molecule has 0 unspecified atom stereocenters. The molecule has 0 fully saturated rings. The van der Waals surface area contributed by atoms with E-state index < -0.39 is 0 Å². The van der Waals surface area contributed by atoms with Gasteiger partial charge in [-0.2, -0.15) is 0 Å². The molecule has 0 aliphatic rings. The lowest BCUT2D eigenvalue weighted by Gasteiger charge is -2.05. The van der Waals surface area contributed by atoms with E-state index in [0.717, 1.165) is 25.4 Å².